The van der Waals surface area contributed by atoms with Crippen LogP contribution < -0.4 is 14.9 Å². The highest BCUT2D eigenvalue weighted by Gasteiger charge is 2.14. The van der Waals surface area contributed by atoms with E-state index in [0.717, 1.165) is 12.7 Å². The van der Waals surface area contributed by atoms with Gasteiger partial charge in [-0.25, -0.2) is 9.82 Å². The molecule has 0 aliphatic carbocycles. The molecule has 0 atom stereocenters. The molecule has 0 heterocycles. The number of hydrogen-bond donors (Lipinski definition) is 1. The topological polar surface area (TPSA) is 59.9 Å². The number of hydrogen-bond acceptors (Lipinski definition) is 4. The van der Waals surface area contributed by atoms with E-state index in [2.05, 4.69) is 55.7 Å². The largest absolute Gasteiger partial charge is 0.488 e. The van der Waals surface area contributed by atoms with E-state index in [1.54, 1.807) is 60.7 Å². The van der Waals surface area contributed by atoms with E-state index in [9.17, 15) is 9.18 Å². The van der Waals surface area contributed by atoms with Crippen LogP contribution in [0.25, 0.3) is 0 Å². The third kappa shape index (κ3) is 7.58. The molecule has 4 aromatic carbocycles. The van der Waals surface area contributed by atoms with E-state index < -0.39 is 5.91 Å². The molecule has 0 aromatic heterocycles. The number of ether oxygens (including phenoxy) is 2. The van der Waals surface area contributed by atoms with E-state index in [-0.39, 0.29) is 19.0 Å². The predicted octanol–water partition coefficient (Wildman–Crippen LogP) is 8.26. The molecule has 0 unspecified atom stereocenters. The third-order valence-electron chi connectivity index (χ3n) is 5.27. The van der Waals surface area contributed by atoms with Crippen molar-refractivity contribution in [1.29, 1.82) is 0 Å². The van der Waals surface area contributed by atoms with Crippen LogP contribution in [0.5, 0.6) is 11.5 Å². The van der Waals surface area contributed by atoms with Crippen LogP contribution in [0.2, 0.25) is 10.0 Å². The maximum atomic E-state index is 14.1. The van der Waals surface area contributed by atoms with Crippen molar-refractivity contribution in [1.82, 2.24) is 5.43 Å². The fourth-order valence-electron chi connectivity index (χ4n) is 3.39. The van der Waals surface area contributed by atoms with Crippen LogP contribution in [-0.4, -0.2) is 12.1 Å². The molecule has 0 saturated heterocycles. The molecule has 4 aromatic rings. The van der Waals surface area contributed by atoms with Gasteiger partial charge in [0.2, 0.25) is 0 Å². The Hall–Kier alpha value is -2.41. The van der Waals surface area contributed by atoms with Crippen molar-refractivity contribution < 1.29 is 18.7 Å². The van der Waals surface area contributed by atoms with Crippen LogP contribution in [0.15, 0.2) is 84.0 Å². The molecule has 0 bridgehead atoms. The van der Waals surface area contributed by atoms with Gasteiger partial charge in [-0.15, -0.1) is 0 Å². The van der Waals surface area contributed by atoms with E-state index >= 15 is 0 Å². The van der Waals surface area contributed by atoms with Gasteiger partial charge in [-0.3, -0.25) is 4.79 Å². The average molecular weight is 775 g/mol. The Bertz CT molecular complexity index is 1500. The molecule has 1 N–H and O–H groups in total. The summed E-state index contributed by atoms with van der Waals surface area (Å²) in [5, 5.41) is 5.14. The zero-order valence-electron chi connectivity index (χ0n) is 19.6. The molecule has 0 radical (unpaired) electrons. The number of carbonyl (C=O) groups is 1. The Morgan fingerprint density at radius 1 is 0.921 bits per heavy atom. The summed E-state index contributed by atoms with van der Waals surface area (Å²) < 4.78 is 27.7. The first-order valence-electron chi connectivity index (χ1n) is 11.2. The number of rotatable bonds is 9. The van der Waals surface area contributed by atoms with Crippen molar-refractivity contribution >= 4 is 80.5 Å². The van der Waals surface area contributed by atoms with Crippen molar-refractivity contribution in [3.05, 3.63) is 124 Å². The van der Waals surface area contributed by atoms with Crippen LogP contribution in [0.3, 0.4) is 0 Å². The first-order chi connectivity index (χ1) is 18.3. The van der Waals surface area contributed by atoms with Crippen LogP contribution in [0, 0.1) is 13.0 Å². The number of amides is 1. The standard InChI is InChI=1S/C28H19Cl2FI2N2O3/c29-20-10-9-17(23(30)12-20)15-37-26-8-4-2-6-22(26)28(36)35-34-14-19-11-21(32)13-25(33)27(19)38-16-18-5-1-3-7-24(18)31/h1-14H,15-16H2,(H,35,36)/b34-14+. The summed E-state index contributed by atoms with van der Waals surface area (Å²) in [6.45, 7) is 0.214. The number of nitrogens with one attached hydrogen (secondary N) is 1. The van der Waals surface area contributed by atoms with Crippen molar-refractivity contribution in [2.75, 3.05) is 0 Å². The van der Waals surface area contributed by atoms with Gasteiger partial charge in [-0.05, 0) is 87.6 Å². The number of carbonyl (C=O) groups excluding carboxylic acids is 1. The summed E-state index contributed by atoms with van der Waals surface area (Å²) in [6, 6.07) is 22.2. The van der Waals surface area contributed by atoms with Crippen LogP contribution in [-0.2, 0) is 13.2 Å². The second-order valence-electron chi connectivity index (χ2n) is 7.91. The van der Waals surface area contributed by atoms with E-state index in [1.165, 1.54) is 12.3 Å². The van der Waals surface area contributed by atoms with E-state index in [0.29, 0.717) is 38.2 Å². The minimum absolute atomic E-state index is 0.0544. The van der Waals surface area contributed by atoms with Gasteiger partial charge >= 0.3 is 0 Å². The second-order valence-corrected chi connectivity index (χ2v) is 11.2. The van der Waals surface area contributed by atoms with E-state index in [1.807, 2.05) is 12.1 Å². The zero-order chi connectivity index (χ0) is 27.1. The molecule has 0 saturated carbocycles. The lowest BCUT2D eigenvalue weighted by Crippen LogP contribution is -2.19. The lowest BCUT2D eigenvalue weighted by Gasteiger charge is -2.13. The summed E-state index contributed by atoms with van der Waals surface area (Å²) in [4.78, 5) is 12.9. The monoisotopic (exact) mass is 774 g/mol. The SMILES string of the molecule is O=C(N/N=C/c1cc(I)cc(I)c1OCc1ccccc1F)c1ccccc1OCc1ccc(Cl)cc1Cl. The molecular formula is C28H19Cl2FI2N2O3. The van der Waals surface area contributed by atoms with Gasteiger partial charge < -0.3 is 9.47 Å². The molecule has 1 amide bonds. The number of hydrazone groups is 1. The molecule has 0 aliphatic heterocycles. The second kappa shape index (κ2) is 13.6. The highest BCUT2D eigenvalue weighted by Crippen LogP contribution is 2.29. The van der Waals surface area contributed by atoms with Gasteiger partial charge in [-0.1, -0.05) is 59.6 Å². The van der Waals surface area contributed by atoms with Crippen LogP contribution in [0.4, 0.5) is 4.39 Å². The third-order valence-corrected chi connectivity index (χ3v) is 7.28. The molecule has 0 aliphatic rings. The molecule has 0 fully saturated rings. The fourth-order valence-corrected chi connectivity index (χ4v) is 5.90. The Morgan fingerprint density at radius 3 is 2.45 bits per heavy atom. The minimum Gasteiger partial charge on any atom is -0.488 e. The van der Waals surface area contributed by atoms with Gasteiger partial charge in [-0.2, -0.15) is 5.10 Å². The number of nitrogens with zero attached hydrogens (tertiary/aromatic N) is 1. The Morgan fingerprint density at radius 2 is 1.66 bits per heavy atom. The maximum absolute atomic E-state index is 14.1. The van der Waals surface area contributed by atoms with Crippen LogP contribution in [0.1, 0.15) is 27.0 Å². The van der Waals surface area contributed by atoms with Crippen molar-refractivity contribution in [3.63, 3.8) is 0 Å². The highest BCUT2D eigenvalue weighted by atomic mass is 127. The molecular weight excluding hydrogens is 756 g/mol. The molecule has 38 heavy (non-hydrogen) atoms. The number of benzene rings is 4. The molecule has 5 nitrogen and oxygen atoms in total. The Kier molecular flexibility index (Phi) is 10.2. The highest BCUT2D eigenvalue weighted by molar-refractivity contribution is 14.1. The summed E-state index contributed by atoms with van der Waals surface area (Å²) in [5.74, 6) is 0.128. The van der Waals surface area contributed by atoms with Gasteiger partial charge in [0.05, 0.1) is 15.3 Å². The smallest absolute Gasteiger partial charge is 0.275 e. The summed E-state index contributed by atoms with van der Waals surface area (Å²) >= 11 is 16.5. The molecule has 10 heteroatoms. The van der Waals surface area contributed by atoms with Gasteiger partial charge in [0.15, 0.2) is 0 Å². The lowest BCUT2D eigenvalue weighted by atomic mass is 10.2. The number of para-hydroxylation sites is 1. The predicted molar refractivity (Wildman–Crippen MR) is 165 cm³/mol. The molecule has 0 spiro atoms. The quantitative estimate of drug-likeness (QED) is 0.106. The Balaban J connectivity index is 1.46. The van der Waals surface area contributed by atoms with Gasteiger partial charge in [0.25, 0.3) is 5.91 Å². The van der Waals surface area contributed by atoms with E-state index in [4.69, 9.17) is 32.7 Å². The maximum Gasteiger partial charge on any atom is 0.275 e. The van der Waals surface area contributed by atoms with Crippen molar-refractivity contribution in [2.45, 2.75) is 13.2 Å². The summed E-state index contributed by atoms with van der Waals surface area (Å²) in [5.41, 5.74) is 4.66. The first-order valence-corrected chi connectivity index (χ1v) is 14.1. The van der Waals surface area contributed by atoms with Gasteiger partial charge in [0.1, 0.15) is 30.5 Å². The van der Waals surface area contributed by atoms with Crippen LogP contribution >= 0.6 is 68.4 Å². The summed E-state index contributed by atoms with van der Waals surface area (Å²) in [7, 11) is 0. The van der Waals surface area contributed by atoms with Gasteiger partial charge in [0, 0.05) is 30.3 Å². The van der Waals surface area contributed by atoms with Crippen molar-refractivity contribution in [3.8, 4) is 11.5 Å². The minimum atomic E-state index is -0.451. The summed E-state index contributed by atoms with van der Waals surface area (Å²) in [6.07, 6.45) is 1.50. The first kappa shape index (κ1) is 28.6. The zero-order valence-corrected chi connectivity index (χ0v) is 25.4. The number of halogens is 5. The molecule has 194 valence electrons. The molecule has 4 rings (SSSR count). The fraction of sp³-hybridized carbons (Fsp3) is 0.0714. The Labute approximate surface area is 256 Å². The van der Waals surface area contributed by atoms with Crippen molar-refractivity contribution in [2.24, 2.45) is 5.10 Å². The lowest BCUT2D eigenvalue weighted by molar-refractivity contribution is 0.0950. The normalized spacial score (nSPS) is 11.0. The average Bonchev–Trinajstić information content (AvgIpc) is 2.88.